The number of hydrogen-bond donors (Lipinski definition) is 4. The van der Waals surface area contributed by atoms with Crippen LogP contribution in [0.25, 0.3) is 0 Å². The SMILES string of the molecule is CCCC/C=C/CCCCCCCC(=O)OC[C@H](CO[C@H]1O[C@H](CS(=O)(=O)O)[C@@H](O)C(O)C1O)OC(=O)/C=C/C=C/CCCCCCCCCCCCC. The average Bonchev–Trinajstić information content (AvgIpc) is 3.13. The predicted molar refractivity (Wildman–Crippen MR) is 210 cm³/mol. The van der Waals surface area contributed by atoms with Gasteiger partial charge >= 0.3 is 11.9 Å². The molecule has 0 spiro atoms. The van der Waals surface area contributed by atoms with Crippen molar-refractivity contribution in [3.05, 3.63) is 36.5 Å². The monoisotopic (exact) mass is 788 g/mol. The molecule has 54 heavy (non-hydrogen) atoms. The van der Waals surface area contributed by atoms with E-state index in [1.165, 1.54) is 76.7 Å². The zero-order valence-electron chi connectivity index (χ0n) is 33.1. The summed E-state index contributed by atoms with van der Waals surface area (Å²) < 4.78 is 53.6. The van der Waals surface area contributed by atoms with Crippen LogP contribution in [-0.4, -0.2) is 96.0 Å². The molecule has 0 aromatic heterocycles. The number of esters is 2. The summed E-state index contributed by atoms with van der Waals surface area (Å²) in [5.74, 6) is -2.26. The average molecular weight is 789 g/mol. The fourth-order valence-corrected chi connectivity index (χ4v) is 6.73. The number of unbranched alkanes of at least 4 members (excludes halogenated alkanes) is 18. The fourth-order valence-electron chi connectivity index (χ4n) is 6.03. The number of ether oxygens (including phenoxy) is 4. The molecule has 0 aliphatic carbocycles. The molecule has 1 heterocycles. The van der Waals surface area contributed by atoms with Crippen LogP contribution in [0.1, 0.15) is 155 Å². The van der Waals surface area contributed by atoms with Crippen molar-refractivity contribution >= 4 is 22.1 Å². The molecule has 1 saturated heterocycles. The summed E-state index contributed by atoms with van der Waals surface area (Å²) in [6.07, 6.45) is 25.5. The molecule has 1 aliphatic heterocycles. The highest BCUT2D eigenvalue weighted by molar-refractivity contribution is 7.85. The van der Waals surface area contributed by atoms with E-state index in [1.54, 1.807) is 12.2 Å². The lowest BCUT2D eigenvalue weighted by Crippen LogP contribution is -2.60. The topological polar surface area (TPSA) is 186 Å². The molecule has 4 N–H and O–H groups in total. The summed E-state index contributed by atoms with van der Waals surface area (Å²) in [4.78, 5) is 25.1. The van der Waals surface area contributed by atoms with Crippen molar-refractivity contribution in [1.82, 2.24) is 0 Å². The Balaban J connectivity index is 2.56. The molecule has 13 heteroatoms. The third-order valence-electron chi connectivity index (χ3n) is 9.30. The van der Waals surface area contributed by atoms with Crippen LogP contribution in [0.15, 0.2) is 36.5 Å². The van der Waals surface area contributed by atoms with Crippen LogP contribution in [0.3, 0.4) is 0 Å². The molecular weight excluding hydrogens is 717 g/mol. The molecule has 1 fully saturated rings. The second-order valence-corrected chi connectivity index (χ2v) is 15.9. The number of allylic oxidation sites excluding steroid dienone is 5. The van der Waals surface area contributed by atoms with Gasteiger partial charge in [-0.05, 0) is 38.5 Å². The molecule has 2 unspecified atom stereocenters. The minimum Gasteiger partial charge on any atom is -0.462 e. The summed E-state index contributed by atoms with van der Waals surface area (Å²) in [6, 6.07) is 0. The van der Waals surface area contributed by atoms with Gasteiger partial charge in [0, 0.05) is 12.5 Å². The van der Waals surface area contributed by atoms with Crippen molar-refractivity contribution in [2.45, 2.75) is 192 Å². The van der Waals surface area contributed by atoms with Crippen molar-refractivity contribution in [3.8, 4) is 0 Å². The van der Waals surface area contributed by atoms with Crippen molar-refractivity contribution in [3.63, 3.8) is 0 Å². The maximum absolute atomic E-state index is 12.6. The van der Waals surface area contributed by atoms with Gasteiger partial charge in [0.1, 0.15) is 36.8 Å². The fraction of sp³-hybridized carbons (Fsp3) is 0.805. The van der Waals surface area contributed by atoms with E-state index in [4.69, 9.17) is 18.9 Å². The predicted octanol–water partition coefficient (Wildman–Crippen LogP) is 7.44. The van der Waals surface area contributed by atoms with Crippen LogP contribution in [-0.2, 0) is 38.7 Å². The zero-order chi connectivity index (χ0) is 39.9. The first-order valence-electron chi connectivity index (χ1n) is 20.6. The smallest absolute Gasteiger partial charge is 0.331 e. The van der Waals surface area contributed by atoms with Crippen molar-refractivity contribution in [2.24, 2.45) is 0 Å². The van der Waals surface area contributed by atoms with E-state index >= 15 is 0 Å². The minimum absolute atomic E-state index is 0.189. The standard InChI is InChI=1S/C41H72O12S/c1-3-5-7-9-11-13-15-16-17-18-20-22-24-26-28-30-37(43)52-34(31-50-36(42)29-27-25-23-21-19-14-12-10-8-6-4-2)32-51-41-40(46)39(45)38(44)35(53-41)33-54(47,48)49/h10,12,24,26,28,30,34-35,38-41,44-46H,3-9,11,13-23,25,27,29,31-33H2,1-2H3,(H,47,48,49)/b12-10+,26-24+,30-28+/t34-,35-,38-,39?,40?,41+/m1/s1. The molecular formula is C41H72O12S. The Labute approximate surface area is 325 Å². The van der Waals surface area contributed by atoms with Gasteiger partial charge in [-0.1, -0.05) is 141 Å². The highest BCUT2D eigenvalue weighted by Gasteiger charge is 2.46. The maximum Gasteiger partial charge on any atom is 0.331 e. The normalized spacial score (nSPS) is 21.3. The Hall–Kier alpha value is -2.13. The Morgan fingerprint density at radius 2 is 1.20 bits per heavy atom. The quantitative estimate of drug-likeness (QED) is 0.0129. The van der Waals surface area contributed by atoms with Gasteiger partial charge in [0.15, 0.2) is 12.4 Å². The lowest BCUT2D eigenvalue weighted by Gasteiger charge is -2.40. The molecule has 314 valence electrons. The lowest BCUT2D eigenvalue weighted by molar-refractivity contribution is -0.297. The second kappa shape index (κ2) is 32.0. The van der Waals surface area contributed by atoms with Gasteiger partial charge in [0.05, 0.1) is 6.61 Å². The van der Waals surface area contributed by atoms with Crippen molar-refractivity contribution in [1.29, 1.82) is 0 Å². The molecule has 0 aromatic rings. The van der Waals surface area contributed by atoms with Crippen LogP contribution >= 0.6 is 0 Å². The molecule has 0 bridgehead atoms. The highest BCUT2D eigenvalue weighted by atomic mass is 32.2. The van der Waals surface area contributed by atoms with Gasteiger partial charge in [-0.3, -0.25) is 9.35 Å². The number of carbonyl (C=O) groups is 2. The van der Waals surface area contributed by atoms with Gasteiger partial charge < -0.3 is 34.3 Å². The molecule has 0 radical (unpaired) electrons. The van der Waals surface area contributed by atoms with Gasteiger partial charge in [-0.25, -0.2) is 4.79 Å². The van der Waals surface area contributed by atoms with Crippen LogP contribution < -0.4 is 0 Å². The first-order valence-corrected chi connectivity index (χ1v) is 22.2. The molecule has 0 aromatic carbocycles. The largest absolute Gasteiger partial charge is 0.462 e. The number of hydrogen-bond acceptors (Lipinski definition) is 11. The van der Waals surface area contributed by atoms with Crippen LogP contribution in [0, 0.1) is 0 Å². The van der Waals surface area contributed by atoms with E-state index in [9.17, 15) is 37.9 Å². The summed E-state index contributed by atoms with van der Waals surface area (Å²) in [5.41, 5.74) is 0. The Bertz CT molecular complexity index is 1150. The van der Waals surface area contributed by atoms with Gasteiger partial charge in [0.2, 0.25) is 0 Å². The van der Waals surface area contributed by atoms with E-state index in [0.29, 0.717) is 6.42 Å². The minimum atomic E-state index is -4.61. The number of carbonyl (C=O) groups excluding carboxylic acids is 2. The maximum atomic E-state index is 12.6. The van der Waals surface area contributed by atoms with Crippen molar-refractivity contribution in [2.75, 3.05) is 19.0 Å². The number of rotatable bonds is 33. The third kappa shape index (κ3) is 26.6. The van der Waals surface area contributed by atoms with Gasteiger partial charge in [0.25, 0.3) is 10.1 Å². The van der Waals surface area contributed by atoms with Crippen molar-refractivity contribution < 1.29 is 56.8 Å². The molecule has 12 nitrogen and oxygen atoms in total. The molecule has 1 rings (SSSR count). The van der Waals surface area contributed by atoms with E-state index in [2.05, 4.69) is 26.0 Å². The Morgan fingerprint density at radius 1 is 0.667 bits per heavy atom. The highest BCUT2D eigenvalue weighted by Crippen LogP contribution is 2.24. The van der Waals surface area contributed by atoms with E-state index < -0.39 is 71.2 Å². The van der Waals surface area contributed by atoms with E-state index in [1.807, 2.05) is 6.08 Å². The lowest BCUT2D eigenvalue weighted by atomic mass is 10.00. The number of aliphatic hydroxyl groups excluding tert-OH is 3. The van der Waals surface area contributed by atoms with Gasteiger partial charge in [-0.15, -0.1) is 0 Å². The second-order valence-electron chi connectivity index (χ2n) is 14.4. The van der Waals surface area contributed by atoms with Crippen LogP contribution in [0.2, 0.25) is 0 Å². The summed E-state index contributed by atoms with van der Waals surface area (Å²) in [7, 11) is -4.61. The summed E-state index contributed by atoms with van der Waals surface area (Å²) in [6.45, 7) is 3.59. The molecule has 0 amide bonds. The number of aliphatic hydroxyl groups is 3. The first kappa shape index (κ1) is 49.9. The Kier molecular flexibility index (Phi) is 29.6. The summed E-state index contributed by atoms with van der Waals surface area (Å²) >= 11 is 0. The molecule has 6 atom stereocenters. The van der Waals surface area contributed by atoms with Crippen LogP contribution in [0.5, 0.6) is 0 Å². The van der Waals surface area contributed by atoms with Gasteiger partial charge in [-0.2, -0.15) is 8.42 Å². The molecule has 0 saturated carbocycles. The Morgan fingerprint density at radius 3 is 1.80 bits per heavy atom. The van der Waals surface area contributed by atoms with E-state index in [0.717, 1.165) is 57.8 Å². The summed E-state index contributed by atoms with van der Waals surface area (Å²) in [5, 5.41) is 30.7. The van der Waals surface area contributed by atoms with E-state index in [-0.39, 0.29) is 13.0 Å². The molecule has 1 aliphatic rings. The first-order chi connectivity index (χ1) is 26.0. The zero-order valence-corrected chi connectivity index (χ0v) is 33.9. The third-order valence-corrected chi connectivity index (χ3v) is 10.0. The van der Waals surface area contributed by atoms with Crippen LogP contribution in [0.4, 0.5) is 0 Å².